The summed E-state index contributed by atoms with van der Waals surface area (Å²) in [4.78, 5) is 4.78. The Labute approximate surface area is 360 Å². The molecule has 0 saturated heterocycles. The number of nitrogens with one attached hydrogen (secondary N) is 1. The van der Waals surface area contributed by atoms with Crippen LogP contribution in [0.3, 0.4) is 0 Å². The first-order valence-corrected chi connectivity index (χ1v) is 21.3. The second-order valence-corrected chi connectivity index (χ2v) is 17.2. The fourth-order valence-electron chi connectivity index (χ4n) is 9.02. The molecule has 61 heavy (non-hydrogen) atoms. The van der Waals surface area contributed by atoms with Gasteiger partial charge >= 0.3 is 0 Å². The van der Waals surface area contributed by atoms with E-state index < -0.39 is 0 Å². The molecule has 0 amide bonds. The van der Waals surface area contributed by atoms with Crippen molar-refractivity contribution in [1.29, 1.82) is 0 Å². The molecule has 3 nitrogen and oxygen atoms in total. The summed E-state index contributed by atoms with van der Waals surface area (Å²) in [5, 5.41) is 6.37. The Balaban J connectivity index is 1.15. The lowest BCUT2D eigenvalue weighted by molar-refractivity contribution is 0.590. The molecule has 0 spiro atoms. The zero-order valence-corrected chi connectivity index (χ0v) is 35.2. The van der Waals surface area contributed by atoms with Crippen molar-refractivity contribution in [2.75, 3.05) is 22.2 Å². The van der Waals surface area contributed by atoms with E-state index in [4.69, 9.17) is 0 Å². The van der Waals surface area contributed by atoms with Crippen molar-refractivity contribution in [3.63, 3.8) is 0 Å². The molecule has 0 aromatic heterocycles. The van der Waals surface area contributed by atoms with Crippen molar-refractivity contribution >= 4 is 68.8 Å². The first-order chi connectivity index (χ1) is 29.8. The standard InChI is InChI=1S/C57H48BN3/c1-57(2,3)44-29-24-41(25-30-44)42-28-35-54-52(37-42)58-55-51(36-43-18-14-15-23-49(43)56(55)60(54)4)50-38-48(61(46-19-10-6-11-20-46)47-21-12-7-13-22-47)33-34-53(50)59-45-31-26-40(27-32-45)39-16-8-5-9-17-39/h5-38,58-59H,1-4H3. The number of nitrogens with zero attached hydrogens (tertiary/aromatic N) is 2. The van der Waals surface area contributed by atoms with Gasteiger partial charge in [0.15, 0.2) is 7.28 Å². The van der Waals surface area contributed by atoms with Gasteiger partial charge in [-0.3, -0.25) is 0 Å². The maximum atomic E-state index is 3.89. The number of anilines is 7. The van der Waals surface area contributed by atoms with Gasteiger partial charge in [0, 0.05) is 57.8 Å². The molecule has 0 aliphatic carbocycles. The SMILES string of the molecule is CN1c2ccc(-c3ccc(C(C)(C)C)cc3)cc2Bc2c(-c3cc(N(c4ccccc4)c4ccccc4)ccc3Nc3ccc(-c4ccccc4)cc3)cc3ccccc3c21. The van der Waals surface area contributed by atoms with Gasteiger partial charge in [-0.25, -0.2) is 0 Å². The molecular formula is C57H48BN3. The first-order valence-electron chi connectivity index (χ1n) is 21.3. The number of rotatable bonds is 8. The third kappa shape index (κ3) is 7.36. The monoisotopic (exact) mass is 785 g/mol. The Kier molecular flexibility index (Phi) is 9.77. The molecule has 1 aliphatic heterocycles. The zero-order chi connectivity index (χ0) is 41.5. The molecule has 0 bridgehead atoms. The van der Waals surface area contributed by atoms with E-state index in [1.165, 1.54) is 66.5 Å². The van der Waals surface area contributed by atoms with Crippen LogP contribution in [0.1, 0.15) is 26.3 Å². The minimum absolute atomic E-state index is 0.107. The average Bonchev–Trinajstić information content (AvgIpc) is 3.30. The van der Waals surface area contributed by atoms with Crippen molar-refractivity contribution in [2.24, 2.45) is 0 Å². The highest BCUT2D eigenvalue weighted by Gasteiger charge is 2.28. The van der Waals surface area contributed by atoms with Crippen LogP contribution in [0.15, 0.2) is 206 Å². The Hall–Kier alpha value is -7.30. The molecule has 0 fully saturated rings. The fraction of sp³-hybridized carbons (Fsp3) is 0.0877. The number of benzene rings is 9. The van der Waals surface area contributed by atoms with Gasteiger partial charge in [0.25, 0.3) is 0 Å². The lowest BCUT2D eigenvalue weighted by Gasteiger charge is -2.34. The van der Waals surface area contributed by atoms with Crippen molar-refractivity contribution in [3.05, 3.63) is 212 Å². The van der Waals surface area contributed by atoms with Gasteiger partial charge in [-0.2, -0.15) is 0 Å². The molecule has 1 heterocycles. The van der Waals surface area contributed by atoms with E-state index in [1.54, 1.807) is 0 Å². The number of hydrogen-bond acceptors (Lipinski definition) is 3. The number of fused-ring (bicyclic) bond motifs is 4. The van der Waals surface area contributed by atoms with Gasteiger partial charge in [0.2, 0.25) is 0 Å². The maximum Gasteiger partial charge on any atom is 0.198 e. The van der Waals surface area contributed by atoms with Gasteiger partial charge < -0.3 is 15.1 Å². The molecule has 0 unspecified atom stereocenters. The highest BCUT2D eigenvalue weighted by Crippen LogP contribution is 2.43. The van der Waals surface area contributed by atoms with Crippen molar-refractivity contribution < 1.29 is 0 Å². The number of hydrogen-bond donors (Lipinski definition) is 1. The summed E-state index contributed by atoms with van der Waals surface area (Å²) >= 11 is 0. The molecule has 4 heteroatoms. The highest BCUT2D eigenvalue weighted by atomic mass is 15.1. The lowest BCUT2D eigenvalue weighted by Crippen LogP contribution is -2.41. The number of para-hydroxylation sites is 2. The second kappa shape index (κ2) is 15.7. The molecule has 1 aliphatic rings. The van der Waals surface area contributed by atoms with Crippen LogP contribution in [-0.2, 0) is 5.41 Å². The van der Waals surface area contributed by atoms with Gasteiger partial charge in [-0.15, -0.1) is 0 Å². The smallest absolute Gasteiger partial charge is 0.198 e. The largest absolute Gasteiger partial charge is 0.355 e. The molecule has 0 radical (unpaired) electrons. The van der Waals surface area contributed by atoms with Crippen LogP contribution in [0.5, 0.6) is 0 Å². The normalized spacial score (nSPS) is 12.0. The predicted molar refractivity (Wildman–Crippen MR) is 264 cm³/mol. The molecule has 9 aromatic rings. The van der Waals surface area contributed by atoms with E-state index in [0.29, 0.717) is 0 Å². The average molecular weight is 786 g/mol. The Morgan fingerprint density at radius 3 is 1.74 bits per heavy atom. The van der Waals surface area contributed by atoms with E-state index in [9.17, 15) is 0 Å². The minimum atomic E-state index is 0.107. The maximum absolute atomic E-state index is 3.89. The van der Waals surface area contributed by atoms with Gasteiger partial charge in [0.05, 0.1) is 0 Å². The summed E-state index contributed by atoms with van der Waals surface area (Å²) in [6.45, 7) is 6.82. The first kappa shape index (κ1) is 37.9. The summed E-state index contributed by atoms with van der Waals surface area (Å²) in [6, 6.07) is 75.0. The van der Waals surface area contributed by atoms with E-state index in [-0.39, 0.29) is 5.41 Å². The zero-order valence-electron chi connectivity index (χ0n) is 35.2. The van der Waals surface area contributed by atoms with Crippen LogP contribution in [-0.4, -0.2) is 14.3 Å². The molecule has 9 aromatic carbocycles. The summed E-state index contributed by atoms with van der Waals surface area (Å²) in [5.74, 6) is 0. The van der Waals surface area contributed by atoms with Crippen LogP contribution in [0, 0.1) is 0 Å². The van der Waals surface area contributed by atoms with Gasteiger partial charge in [-0.1, -0.05) is 166 Å². The van der Waals surface area contributed by atoms with Crippen LogP contribution in [0.25, 0.3) is 44.2 Å². The summed E-state index contributed by atoms with van der Waals surface area (Å²) in [6.07, 6.45) is 0. The third-order valence-electron chi connectivity index (χ3n) is 12.2. The van der Waals surface area contributed by atoms with Crippen molar-refractivity contribution in [1.82, 2.24) is 0 Å². The van der Waals surface area contributed by atoms with E-state index >= 15 is 0 Å². The van der Waals surface area contributed by atoms with Crippen LogP contribution in [0.2, 0.25) is 0 Å². The van der Waals surface area contributed by atoms with Gasteiger partial charge in [-0.05, 0) is 116 Å². The van der Waals surface area contributed by atoms with Crippen molar-refractivity contribution in [3.8, 4) is 33.4 Å². The predicted octanol–water partition coefficient (Wildman–Crippen LogP) is 13.8. The van der Waals surface area contributed by atoms with E-state index in [0.717, 1.165) is 41.3 Å². The summed E-state index contributed by atoms with van der Waals surface area (Å²) < 4.78 is 0. The highest BCUT2D eigenvalue weighted by molar-refractivity contribution is 6.73. The van der Waals surface area contributed by atoms with E-state index in [2.05, 4.69) is 249 Å². The Bertz CT molecular complexity index is 2950. The molecular weight excluding hydrogens is 737 g/mol. The summed E-state index contributed by atoms with van der Waals surface area (Å²) in [5.41, 5.74) is 19.2. The Morgan fingerprint density at radius 1 is 0.492 bits per heavy atom. The summed E-state index contributed by atoms with van der Waals surface area (Å²) in [7, 11) is 3.04. The molecule has 0 saturated carbocycles. The second-order valence-electron chi connectivity index (χ2n) is 17.2. The van der Waals surface area contributed by atoms with Crippen LogP contribution < -0.4 is 26.0 Å². The van der Waals surface area contributed by atoms with Crippen LogP contribution in [0.4, 0.5) is 39.8 Å². The lowest BCUT2D eigenvalue weighted by atomic mass is 9.57. The molecule has 1 N–H and O–H groups in total. The van der Waals surface area contributed by atoms with Crippen LogP contribution >= 0.6 is 0 Å². The molecule has 10 rings (SSSR count). The van der Waals surface area contributed by atoms with E-state index in [1.807, 2.05) is 0 Å². The minimum Gasteiger partial charge on any atom is -0.355 e. The third-order valence-corrected chi connectivity index (χ3v) is 12.2. The van der Waals surface area contributed by atoms with Gasteiger partial charge in [0.1, 0.15) is 0 Å². The Morgan fingerprint density at radius 2 is 1.07 bits per heavy atom. The molecule has 0 atom stereocenters. The molecule has 294 valence electrons. The van der Waals surface area contributed by atoms with Crippen molar-refractivity contribution in [2.45, 2.75) is 26.2 Å². The topological polar surface area (TPSA) is 18.5 Å². The quantitative estimate of drug-likeness (QED) is 0.155. The fourth-order valence-corrected chi connectivity index (χ4v) is 9.02.